The highest BCUT2D eigenvalue weighted by Crippen LogP contribution is 2.28. The third kappa shape index (κ3) is 2.83. The highest BCUT2D eigenvalue weighted by Gasteiger charge is 2.30. The summed E-state index contributed by atoms with van der Waals surface area (Å²) in [5, 5.41) is 3.01. The van der Waals surface area contributed by atoms with Crippen molar-refractivity contribution in [1.82, 2.24) is 15.9 Å². The Balaban J connectivity index is 2.41. The zero-order valence-corrected chi connectivity index (χ0v) is 11.7. The predicted molar refractivity (Wildman–Crippen MR) is 72.6 cm³/mol. The maximum atomic E-state index is 12.2. The summed E-state index contributed by atoms with van der Waals surface area (Å²) in [6.45, 7) is 2.64. The number of nitrogens with zero attached hydrogens (tertiary/aromatic N) is 2. The fourth-order valence-corrected chi connectivity index (χ4v) is 2.06. The Morgan fingerprint density at radius 2 is 1.75 bits per heavy atom. The lowest BCUT2D eigenvalue weighted by molar-refractivity contribution is -0.122. The fraction of sp³-hybridized carbons (Fsp3) is 0.250. The molecule has 106 valence electrons. The third-order valence-electron chi connectivity index (χ3n) is 2.59. The van der Waals surface area contributed by atoms with Crippen LogP contribution in [0.25, 0.3) is 0 Å². The van der Waals surface area contributed by atoms with Gasteiger partial charge in [-0.15, -0.1) is 0 Å². The van der Waals surface area contributed by atoms with Gasteiger partial charge in [-0.25, -0.2) is 5.01 Å². The van der Waals surface area contributed by atoms with E-state index in [0.29, 0.717) is 16.3 Å². The van der Waals surface area contributed by atoms with Crippen molar-refractivity contribution in [2.45, 2.75) is 13.8 Å². The number of hydrogen-bond acceptors (Lipinski definition) is 4. The molecule has 0 aromatic heterocycles. The number of halogens is 1. The number of carbonyl (C=O) groups excluding carboxylic acids is 3. The molecule has 1 heterocycles. The SMILES string of the molecule is CC(=O)NN1CN(NC(C)=O)c2cc(Cl)ccc2C1=O. The summed E-state index contributed by atoms with van der Waals surface area (Å²) in [7, 11) is 0. The van der Waals surface area contributed by atoms with Crippen LogP contribution in [0.1, 0.15) is 24.2 Å². The van der Waals surface area contributed by atoms with Crippen LogP contribution < -0.4 is 15.9 Å². The minimum absolute atomic E-state index is 0.00860. The van der Waals surface area contributed by atoms with Gasteiger partial charge in [-0.3, -0.25) is 30.2 Å². The highest BCUT2D eigenvalue weighted by atomic mass is 35.5. The van der Waals surface area contributed by atoms with Crippen molar-refractivity contribution in [3.63, 3.8) is 0 Å². The molecule has 0 bridgehead atoms. The molecule has 0 saturated heterocycles. The molecule has 0 saturated carbocycles. The molecular weight excluding hydrogens is 284 g/mol. The van der Waals surface area contributed by atoms with Crippen LogP contribution in [-0.2, 0) is 9.59 Å². The van der Waals surface area contributed by atoms with Crippen LogP contribution in [0.5, 0.6) is 0 Å². The zero-order valence-electron chi connectivity index (χ0n) is 10.9. The molecule has 0 aliphatic carbocycles. The molecule has 0 unspecified atom stereocenters. The van der Waals surface area contributed by atoms with Gasteiger partial charge in [-0.05, 0) is 18.2 Å². The predicted octanol–water partition coefficient (Wildman–Crippen LogP) is 0.662. The Kier molecular flexibility index (Phi) is 3.80. The van der Waals surface area contributed by atoms with E-state index in [-0.39, 0.29) is 24.4 Å². The number of fused-ring (bicyclic) bond motifs is 1. The molecule has 1 aromatic rings. The van der Waals surface area contributed by atoms with E-state index in [9.17, 15) is 14.4 Å². The normalized spacial score (nSPS) is 13.8. The molecule has 20 heavy (non-hydrogen) atoms. The van der Waals surface area contributed by atoms with Gasteiger partial charge in [0.1, 0.15) is 6.67 Å². The Labute approximate surface area is 120 Å². The molecule has 0 radical (unpaired) electrons. The van der Waals surface area contributed by atoms with Crippen molar-refractivity contribution >= 4 is 35.0 Å². The second-order valence-corrected chi connectivity index (χ2v) is 4.74. The number of nitrogens with one attached hydrogen (secondary N) is 2. The number of carbonyl (C=O) groups is 3. The lowest BCUT2D eigenvalue weighted by Gasteiger charge is -2.37. The van der Waals surface area contributed by atoms with E-state index >= 15 is 0 Å². The minimum atomic E-state index is -0.376. The van der Waals surface area contributed by atoms with Crippen LogP contribution in [0.2, 0.25) is 5.02 Å². The molecule has 7 nitrogen and oxygen atoms in total. The number of benzene rings is 1. The standard InChI is InChI=1S/C12H13ClN4O3/c1-7(18)14-16-6-17(15-8(2)19)12(20)10-4-3-9(13)5-11(10)16/h3-5H,6H2,1-2H3,(H,14,18)(H,15,19). The summed E-state index contributed by atoms with van der Waals surface area (Å²) in [6, 6.07) is 4.69. The monoisotopic (exact) mass is 296 g/mol. The number of amides is 3. The van der Waals surface area contributed by atoms with Crippen LogP contribution >= 0.6 is 11.6 Å². The number of hydrogen-bond donors (Lipinski definition) is 2. The van der Waals surface area contributed by atoms with Gasteiger partial charge in [0.2, 0.25) is 11.8 Å². The highest BCUT2D eigenvalue weighted by molar-refractivity contribution is 6.31. The Morgan fingerprint density at radius 1 is 1.15 bits per heavy atom. The largest absolute Gasteiger partial charge is 0.276 e. The first kappa shape index (κ1) is 14.1. The molecule has 0 spiro atoms. The van der Waals surface area contributed by atoms with Crippen molar-refractivity contribution in [3.05, 3.63) is 28.8 Å². The summed E-state index contributed by atoms with van der Waals surface area (Å²) >= 11 is 5.91. The number of rotatable bonds is 2. The van der Waals surface area contributed by atoms with Gasteiger partial charge in [-0.2, -0.15) is 0 Å². The first-order valence-corrected chi connectivity index (χ1v) is 6.19. The molecule has 2 N–H and O–H groups in total. The summed E-state index contributed by atoms with van der Waals surface area (Å²) in [5.74, 6) is -1.04. The van der Waals surface area contributed by atoms with Crippen LogP contribution in [-0.4, -0.2) is 29.4 Å². The molecular formula is C12H13ClN4O3. The summed E-state index contributed by atoms with van der Waals surface area (Å²) in [4.78, 5) is 34.6. The molecule has 1 aromatic carbocycles. The van der Waals surface area contributed by atoms with Gasteiger partial charge in [0.25, 0.3) is 5.91 Å². The average molecular weight is 297 g/mol. The number of hydrazine groups is 2. The van der Waals surface area contributed by atoms with Gasteiger partial charge >= 0.3 is 0 Å². The van der Waals surface area contributed by atoms with Crippen molar-refractivity contribution in [1.29, 1.82) is 0 Å². The third-order valence-corrected chi connectivity index (χ3v) is 2.83. The summed E-state index contributed by atoms with van der Waals surface area (Å²) in [6.07, 6.45) is 0. The maximum absolute atomic E-state index is 12.2. The first-order valence-electron chi connectivity index (χ1n) is 5.82. The van der Waals surface area contributed by atoms with Gasteiger partial charge in [0.15, 0.2) is 0 Å². The van der Waals surface area contributed by atoms with Gasteiger partial charge in [0, 0.05) is 18.9 Å². The van der Waals surface area contributed by atoms with E-state index in [0.717, 1.165) is 5.01 Å². The van der Waals surface area contributed by atoms with Crippen molar-refractivity contribution in [2.75, 3.05) is 11.7 Å². The molecule has 2 rings (SSSR count). The van der Waals surface area contributed by atoms with Crippen LogP contribution in [0.3, 0.4) is 0 Å². The van der Waals surface area contributed by atoms with Crippen LogP contribution in [0.4, 0.5) is 5.69 Å². The Morgan fingerprint density at radius 3 is 2.35 bits per heavy atom. The second kappa shape index (κ2) is 5.38. The van der Waals surface area contributed by atoms with E-state index in [2.05, 4.69) is 10.9 Å². The van der Waals surface area contributed by atoms with Crippen LogP contribution in [0.15, 0.2) is 18.2 Å². The molecule has 1 aliphatic heterocycles. The zero-order chi connectivity index (χ0) is 14.9. The van der Waals surface area contributed by atoms with E-state index in [1.54, 1.807) is 18.2 Å². The van der Waals surface area contributed by atoms with Crippen molar-refractivity contribution in [2.24, 2.45) is 0 Å². The second-order valence-electron chi connectivity index (χ2n) is 4.30. The fourth-order valence-electron chi connectivity index (χ4n) is 1.90. The lowest BCUT2D eigenvalue weighted by Crippen LogP contribution is -2.58. The van der Waals surface area contributed by atoms with E-state index in [1.165, 1.54) is 18.9 Å². The van der Waals surface area contributed by atoms with Crippen molar-refractivity contribution < 1.29 is 14.4 Å². The number of anilines is 1. The van der Waals surface area contributed by atoms with Gasteiger partial charge in [-0.1, -0.05) is 11.6 Å². The maximum Gasteiger partial charge on any atom is 0.276 e. The minimum Gasteiger partial charge on any atom is -0.274 e. The first-order chi connectivity index (χ1) is 9.38. The molecule has 0 atom stereocenters. The van der Waals surface area contributed by atoms with Crippen molar-refractivity contribution in [3.8, 4) is 0 Å². The molecule has 8 heteroatoms. The quantitative estimate of drug-likeness (QED) is 0.840. The molecule has 0 fully saturated rings. The Hall–Kier alpha value is -2.28. The lowest BCUT2D eigenvalue weighted by atomic mass is 10.1. The van der Waals surface area contributed by atoms with Gasteiger partial charge < -0.3 is 0 Å². The topological polar surface area (TPSA) is 81.8 Å². The summed E-state index contributed by atoms with van der Waals surface area (Å²) < 4.78 is 0. The molecule has 3 amide bonds. The van der Waals surface area contributed by atoms with Gasteiger partial charge in [0.05, 0.1) is 11.3 Å². The average Bonchev–Trinajstić information content (AvgIpc) is 2.33. The Bertz CT molecular complexity index is 590. The summed E-state index contributed by atoms with van der Waals surface area (Å²) in [5.41, 5.74) is 5.81. The van der Waals surface area contributed by atoms with Crippen LogP contribution in [0, 0.1) is 0 Å². The van der Waals surface area contributed by atoms with E-state index in [1.807, 2.05) is 0 Å². The van der Waals surface area contributed by atoms with E-state index in [4.69, 9.17) is 11.6 Å². The molecule has 1 aliphatic rings. The van der Waals surface area contributed by atoms with E-state index < -0.39 is 0 Å². The smallest absolute Gasteiger partial charge is 0.274 e.